The van der Waals surface area contributed by atoms with Crippen molar-refractivity contribution in [2.24, 2.45) is 5.73 Å². The number of nitrogens with zero attached hydrogens (tertiary/aromatic N) is 1. The quantitative estimate of drug-likeness (QED) is 0.908. The molecule has 0 radical (unpaired) electrons. The molecule has 106 valence electrons. The maximum absolute atomic E-state index is 11.8. The van der Waals surface area contributed by atoms with Gasteiger partial charge in [0.2, 0.25) is 5.91 Å². The van der Waals surface area contributed by atoms with E-state index in [9.17, 15) is 4.79 Å². The lowest BCUT2D eigenvalue weighted by Crippen LogP contribution is -2.48. The normalized spacial score (nSPS) is 11.4. The van der Waals surface area contributed by atoms with Gasteiger partial charge < -0.3 is 11.1 Å². The lowest BCUT2D eigenvalue weighted by molar-refractivity contribution is -0.125. The molecule has 1 heterocycles. The summed E-state index contributed by atoms with van der Waals surface area (Å²) in [6.07, 6.45) is 0. The Bertz CT molecular complexity index is 599. The minimum atomic E-state index is -0.860. The van der Waals surface area contributed by atoms with Gasteiger partial charge in [-0.1, -0.05) is 30.3 Å². The van der Waals surface area contributed by atoms with E-state index in [-0.39, 0.29) is 5.91 Å². The predicted octanol–water partition coefficient (Wildman–Crippen LogP) is 2.47. The summed E-state index contributed by atoms with van der Waals surface area (Å²) in [6.45, 7) is 5.81. The van der Waals surface area contributed by atoms with Crippen LogP contribution in [0, 0.1) is 6.92 Å². The first-order valence-electron chi connectivity index (χ1n) is 6.47. The zero-order valence-corrected chi connectivity index (χ0v) is 12.8. The molecule has 0 saturated heterocycles. The van der Waals surface area contributed by atoms with Crippen LogP contribution in [0.15, 0.2) is 30.3 Å². The molecule has 0 spiro atoms. The molecule has 0 bridgehead atoms. The maximum atomic E-state index is 11.8. The highest BCUT2D eigenvalue weighted by molar-refractivity contribution is 7.15. The molecule has 4 nitrogen and oxygen atoms in total. The van der Waals surface area contributed by atoms with Crippen LogP contribution in [-0.2, 0) is 11.3 Å². The number of nitrogens with two attached hydrogens (primary N) is 1. The Morgan fingerprint density at radius 1 is 1.35 bits per heavy atom. The van der Waals surface area contributed by atoms with E-state index in [1.165, 1.54) is 0 Å². The summed E-state index contributed by atoms with van der Waals surface area (Å²) in [5.41, 5.74) is 6.94. The third kappa shape index (κ3) is 3.43. The topological polar surface area (TPSA) is 68.0 Å². The van der Waals surface area contributed by atoms with Crippen LogP contribution in [0.5, 0.6) is 0 Å². The van der Waals surface area contributed by atoms with E-state index in [2.05, 4.69) is 10.3 Å². The molecule has 2 rings (SSSR count). The van der Waals surface area contributed by atoms with Crippen molar-refractivity contribution in [3.8, 4) is 10.6 Å². The van der Waals surface area contributed by atoms with E-state index in [4.69, 9.17) is 5.73 Å². The Balaban J connectivity index is 2.11. The first-order chi connectivity index (χ1) is 9.38. The number of rotatable bonds is 4. The number of aromatic nitrogens is 1. The number of benzene rings is 1. The largest absolute Gasteiger partial charge is 0.350 e. The highest BCUT2D eigenvalue weighted by Crippen LogP contribution is 2.27. The average Bonchev–Trinajstić information content (AvgIpc) is 2.77. The van der Waals surface area contributed by atoms with Crippen molar-refractivity contribution >= 4 is 17.2 Å². The fourth-order valence-corrected chi connectivity index (χ4v) is 2.69. The Morgan fingerprint density at radius 2 is 2.00 bits per heavy atom. The summed E-state index contributed by atoms with van der Waals surface area (Å²) in [6, 6.07) is 10.0. The maximum Gasteiger partial charge on any atom is 0.239 e. The number of hydrogen-bond acceptors (Lipinski definition) is 4. The lowest BCUT2D eigenvalue weighted by Gasteiger charge is -2.17. The zero-order chi connectivity index (χ0) is 14.8. The van der Waals surface area contributed by atoms with Gasteiger partial charge in [0.1, 0.15) is 5.01 Å². The molecule has 0 fully saturated rings. The molecule has 0 aliphatic heterocycles. The van der Waals surface area contributed by atoms with Crippen LogP contribution in [0.4, 0.5) is 0 Å². The molecule has 1 aromatic carbocycles. The molecule has 20 heavy (non-hydrogen) atoms. The standard InChI is InChI=1S/C15H19N3OS/c1-10-12(9-17-14(19)15(2,3)16)20-13(18-10)11-7-5-4-6-8-11/h4-8H,9,16H2,1-3H3,(H,17,19). The molecule has 0 aliphatic carbocycles. The van der Waals surface area contributed by atoms with Crippen molar-refractivity contribution in [1.29, 1.82) is 0 Å². The number of nitrogens with one attached hydrogen (secondary N) is 1. The van der Waals surface area contributed by atoms with E-state index in [1.807, 2.05) is 37.3 Å². The molecular weight excluding hydrogens is 270 g/mol. The van der Waals surface area contributed by atoms with Gasteiger partial charge >= 0.3 is 0 Å². The Kier molecular flexibility index (Phi) is 4.20. The summed E-state index contributed by atoms with van der Waals surface area (Å²) in [5.74, 6) is -0.161. The molecule has 1 amide bonds. The third-order valence-corrected chi connectivity index (χ3v) is 4.11. The minimum Gasteiger partial charge on any atom is -0.350 e. The highest BCUT2D eigenvalue weighted by Gasteiger charge is 2.21. The van der Waals surface area contributed by atoms with Crippen LogP contribution in [0.3, 0.4) is 0 Å². The van der Waals surface area contributed by atoms with Gasteiger partial charge in [0.25, 0.3) is 0 Å². The van der Waals surface area contributed by atoms with Gasteiger partial charge in [0, 0.05) is 10.4 Å². The van der Waals surface area contributed by atoms with Crippen molar-refractivity contribution in [1.82, 2.24) is 10.3 Å². The number of aryl methyl sites for hydroxylation is 1. The highest BCUT2D eigenvalue weighted by atomic mass is 32.1. The molecule has 2 aromatic rings. The van der Waals surface area contributed by atoms with Gasteiger partial charge in [-0.2, -0.15) is 0 Å². The minimum absolute atomic E-state index is 0.161. The van der Waals surface area contributed by atoms with Crippen LogP contribution in [0.2, 0.25) is 0 Å². The molecule has 3 N–H and O–H groups in total. The van der Waals surface area contributed by atoms with Gasteiger partial charge in [-0.15, -0.1) is 11.3 Å². The second-order valence-corrected chi connectivity index (χ2v) is 6.38. The zero-order valence-electron chi connectivity index (χ0n) is 11.9. The molecule has 1 aromatic heterocycles. The van der Waals surface area contributed by atoms with E-state index >= 15 is 0 Å². The Labute approximate surface area is 123 Å². The lowest BCUT2D eigenvalue weighted by atomic mass is 10.1. The van der Waals surface area contributed by atoms with E-state index in [1.54, 1.807) is 25.2 Å². The van der Waals surface area contributed by atoms with E-state index in [0.717, 1.165) is 21.1 Å². The van der Waals surface area contributed by atoms with Gasteiger partial charge in [0.15, 0.2) is 0 Å². The first-order valence-corrected chi connectivity index (χ1v) is 7.28. The van der Waals surface area contributed by atoms with Gasteiger partial charge in [0.05, 0.1) is 17.8 Å². The van der Waals surface area contributed by atoms with Crippen LogP contribution in [0.1, 0.15) is 24.4 Å². The number of carbonyl (C=O) groups excluding carboxylic acids is 1. The Morgan fingerprint density at radius 3 is 2.60 bits per heavy atom. The van der Waals surface area contributed by atoms with Gasteiger partial charge in [-0.25, -0.2) is 4.98 Å². The molecular formula is C15H19N3OS. The smallest absolute Gasteiger partial charge is 0.239 e. The predicted molar refractivity (Wildman–Crippen MR) is 82.4 cm³/mol. The van der Waals surface area contributed by atoms with E-state index < -0.39 is 5.54 Å². The van der Waals surface area contributed by atoms with Gasteiger partial charge in [-0.05, 0) is 20.8 Å². The fourth-order valence-electron chi connectivity index (χ4n) is 1.68. The molecule has 0 aliphatic rings. The fraction of sp³-hybridized carbons (Fsp3) is 0.333. The van der Waals surface area contributed by atoms with Crippen LogP contribution >= 0.6 is 11.3 Å². The number of hydrogen-bond donors (Lipinski definition) is 2. The van der Waals surface area contributed by atoms with E-state index in [0.29, 0.717) is 6.54 Å². The average molecular weight is 289 g/mol. The van der Waals surface area contributed by atoms with Crippen LogP contribution in [-0.4, -0.2) is 16.4 Å². The SMILES string of the molecule is Cc1nc(-c2ccccc2)sc1CNC(=O)C(C)(C)N. The third-order valence-electron chi connectivity index (χ3n) is 2.91. The van der Waals surface area contributed by atoms with Crippen molar-refractivity contribution in [2.75, 3.05) is 0 Å². The van der Waals surface area contributed by atoms with Crippen molar-refractivity contribution in [2.45, 2.75) is 32.9 Å². The summed E-state index contributed by atoms with van der Waals surface area (Å²) in [4.78, 5) is 17.4. The Hall–Kier alpha value is -1.72. The number of carbonyl (C=O) groups is 1. The summed E-state index contributed by atoms with van der Waals surface area (Å²) >= 11 is 1.60. The summed E-state index contributed by atoms with van der Waals surface area (Å²) in [5, 5.41) is 3.82. The van der Waals surface area contributed by atoms with Crippen LogP contribution < -0.4 is 11.1 Å². The van der Waals surface area contributed by atoms with Crippen molar-refractivity contribution in [3.63, 3.8) is 0 Å². The molecule has 0 unspecified atom stereocenters. The van der Waals surface area contributed by atoms with Crippen molar-refractivity contribution in [3.05, 3.63) is 40.9 Å². The summed E-state index contributed by atoms with van der Waals surface area (Å²) < 4.78 is 0. The first kappa shape index (κ1) is 14.7. The van der Waals surface area contributed by atoms with Crippen molar-refractivity contribution < 1.29 is 4.79 Å². The second-order valence-electron chi connectivity index (χ2n) is 5.30. The number of thiazole rings is 1. The summed E-state index contributed by atoms with van der Waals surface area (Å²) in [7, 11) is 0. The second kappa shape index (κ2) is 5.73. The molecule has 0 atom stereocenters. The van der Waals surface area contributed by atoms with Crippen LogP contribution in [0.25, 0.3) is 10.6 Å². The monoisotopic (exact) mass is 289 g/mol. The molecule has 5 heteroatoms. The number of amides is 1. The van der Waals surface area contributed by atoms with Gasteiger partial charge in [-0.3, -0.25) is 4.79 Å². The molecule has 0 saturated carbocycles.